The molecule has 0 N–H and O–H groups in total. The Morgan fingerprint density at radius 3 is 2.22 bits per heavy atom. The fraction of sp³-hybridized carbons (Fsp3) is 0.154. The molecule has 3 aromatic carbocycles. The minimum atomic E-state index is -0.335. The molecule has 0 aliphatic rings. The number of ether oxygens (including phenoxy) is 2. The number of carbonyl (C=O) groups excluding carboxylic acids is 1. The molecule has 6 heteroatoms. The Morgan fingerprint density at radius 1 is 0.875 bits per heavy atom. The van der Waals surface area contributed by atoms with Crippen LogP contribution < -0.4 is 14.3 Å². The van der Waals surface area contributed by atoms with Gasteiger partial charge in [-0.25, -0.2) is 0 Å². The molecule has 0 bridgehead atoms. The summed E-state index contributed by atoms with van der Waals surface area (Å²) in [6.45, 7) is 2.07. The maximum Gasteiger partial charge on any atom is 0.279 e. The lowest BCUT2D eigenvalue weighted by atomic mass is 10.1. The molecule has 0 saturated carbocycles. The summed E-state index contributed by atoms with van der Waals surface area (Å²) in [7, 11) is 5.05. The first kappa shape index (κ1) is 21.6. The largest absolute Gasteiger partial charge is 0.493 e. The molecule has 0 radical (unpaired) electrons. The van der Waals surface area contributed by atoms with Crippen molar-refractivity contribution < 1.29 is 14.3 Å². The molecule has 0 aliphatic heterocycles. The number of carbonyl (C=O) groups is 1. The second kappa shape index (κ2) is 9.24. The van der Waals surface area contributed by atoms with Gasteiger partial charge in [-0.1, -0.05) is 71.5 Å². The van der Waals surface area contributed by atoms with Crippen LogP contribution in [0.5, 0.6) is 11.5 Å². The van der Waals surface area contributed by atoms with Crippen molar-refractivity contribution >= 4 is 17.2 Å². The molecule has 0 saturated heterocycles. The van der Waals surface area contributed by atoms with E-state index in [1.54, 1.807) is 32.4 Å². The van der Waals surface area contributed by atoms with Crippen LogP contribution in [0.1, 0.15) is 15.9 Å². The number of methoxy groups -OCH3 is 2. The van der Waals surface area contributed by atoms with Gasteiger partial charge in [0.15, 0.2) is 16.3 Å². The zero-order chi connectivity index (χ0) is 22.7. The molecule has 0 fully saturated rings. The highest BCUT2D eigenvalue weighted by atomic mass is 32.1. The van der Waals surface area contributed by atoms with Gasteiger partial charge in [-0.3, -0.25) is 4.79 Å². The van der Waals surface area contributed by atoms with E-state index in [0.717, 1.165) is 21.7 Å². The number of amides is 1. The number of hydrogen-bond acceptors (Lipinski definition) is 4. The van der Waals surface area contributed by atoms with Crippen LogP contribution in [0.15, 0.2) is 77.8 Å². The molecule has 4 aromatic rings. The number of benzene rings is 3. The van der Waals surface area contributed by atoms with E-state index < -0.39 is 0 Å². The normalized spacial score (nSPS) is 11.4. The Balaban J connectivity index is 1.85. The van der Waals surface area contributed by atoms with Crippen molar-refractivity contribution in [2.45, 2.75) is 6.92 Å². The van der Waals surface area contributed by atoms with Crippen molar-refractivity contribution in [3.63, 3.8) is 0 Å². The van der Waals surface area contributed by atoms with Crippen LogP contribution in [-0.2, 0) is 7.05 Å². The molecule has 5 nitrogen and oxygen atoms in total. The number of aryl methyl sites for hydroxylation is 1. The molecule has 0 aliphatic carbocycles. The highest BCUT2D eigenvalue weighted by Gasteiger charge is 2.17. The van der Waals surface area contributed by atoms with Crippen molar-refractivity contribution in [2.75, 3.05) is 14.2 Å². The van der Waals surface area contributed by atoms with Crippen LogP contribution in [0.3, 0.4) is 0 Å². The van der Waals surface area contributed by atoms with Crippen molar-refractivity contribution in [1.29, 1.82) is 0 Å². The van der Waals surface area contributed by atoms with E-state index in [9.17, 15) is 4.79 Å². The van der Waals surface area contributed by atoms with Gasteiger partial charge in [-0.15, -0.1) is 0 Å². The summed E-state index contributed by atoms with van der Waals surface area (Å²) >= 11 is 1.50. The first-order chi connectivity index (χ1) is 15.5. The van der Waals surface area contributed by atoms with Gasteiger partial charge in [0.25, 0.3) is 5.91 Å². The van der Waals surface area contributed by atoms with Crippen molar-refractivity contribution in [2.24, 2.45) is 12.0 Å². The minimum absolute atomic E-state index is 0.335. The average molecular weight is 445 g/mol. The van der Waals surface area contributed by atoms with E-state index in [2.05, 4.69) is 48.3 Å². The van der Waals surface area contributed by atoms with Crippen LogP contribution in [0, 0.1) is 6.92 Å². The van der Waals surface area contributed by atoms with Gasteiger partial charge in [-0.05, 0) is 36.2 Å². The summed E-state index contributed by atoms with van der Waals surface area (Å²) in [4.78, 5) is 19.1. The summed E-state index contributed by atoms with van der Waals surface area (Å²) in [5, 5.41) is 0. The van der Waals surface area contributed by atoms with Gasteiger partial charge >= 0.3 is 0 Å². The molecular formula is C26H24N2O3S. The van der Waals surface area contributed by atoms with E-state index in [1.807, 2.05) is 29.8 Å². The van der Waals surface area contributed by atoms with Crippen LogP contribution in [-0.4, -0.2) is 24.7 Å². The fourth-order valence-electron chi connectivity index (χ4n) is 3.50. The summed E-state index contributed by atoms with van der Waals surface area (Å²) < 4.78 is 12.6. The lowest BCUT2D eigenvalue weighted by Crippen LogP contribution is -2.14. The number of rotatable bonds is 5. The van der Waals surface area contributed by atoms with Crippen LogP contribution in [0.25, 0.3) is 21.7 Å². The summed E-state index contributed by atoms with van der Waals surface area (Å²) in [6, 6.07) is 23.6. The highest BCUT2D eigenvalue weighted by molar-refractivity contribution is 7.13. The molecule has 0 spiro atoms. The fourth-order valence-corrected chi connectivity index (χ4v) is 4.64. The first-order valence-corrected chi connectivity index (χ1v) is 11.0. The first-order valence-electron chi connectivity index (χ1n) is 10.1. The average Bonchev–Trinajstić information content (AvgIpc) is 3.15. The van der Waals surface area contributed by atoms with Gasteiger partial charge in [-0.2, -0.15) is 4.99 Å². The maximum atomic E-state index is 13.0. The number of aromatic nitrogens is 1. The third kappa shape index (κ3) is 4.22. The quantitative estimate of drug-likeness (QED) is 0.409. The molecule has 4 rings (SSSR count). The third-order valence-electron chi connectivity index (χ3n) is 5.22. The van der Waals surface area contributed by atoms with Gasteiger partial charge in [0, 0.05) is 12.6 Å². The monoisotopic (exact) mass is 444 g/mol. The van der Waals surface area contributed by atoms with Crippen LogP contribution in [0.4, 0.5) is 0 Å². The Kier molecular flexibility index (Phi) is 6.23. The molecular weight excluding hydrogens is 420 g/mol. The Morgan fingerprint density at radius 2 is 1.56 bits per heavy atom. The third-order valence-corrected chi connectivity index (χ3v) is 6.40. The van der Waals surface area contributed by atoms with Crippen molar-refractivity contribution in [3.05, 3.63) is 88.7 Å². The Labute approximate surface area is 191 Å². The van der Waals surface area contributed by atoms with E-state index in [0.29, 0.717) is 21.9 Å². The smallest absolute Gasteiger partial charge is 0.279 e. The number of hydrogen-bond donors (Lipinski definition) is 0. The van der Waals surface area contributed by atoms with E-state index >= 15 is 0 Å². The molecule has 1 aromatic heterocycles. The topological polar surface area (TPSA) is 52.8 Å². The second-order valence-electron chi connectivity index (χ2n) is 7.34. The van der Waals surface area contributed by atoms with Crippen LogP contribution in [0.2, 0.25) is 0 Å². The molecule has 0 atom stereocenters. The predicted molar refractivity (Wildman–Crippen MR) is 128 cm³/mol. The van der Waals surface area contributed by atoms with Gasteiger partial charge < -0.3 is 14.0 Å². The van der Waals surface area contributed by atoms with E-state index in [1.165, 1.54) is 16.9 Å². The zero-order valence-corrected chi connectivity index (χ0v) is 19.3. The zero-order valence-electron chi connectivity index (χ0n) is 18.5. The minimum Gasteiger partial charge on any atom is -0.493 e. The predicted octanol–water partition coefficient (Wildman–Crippen LogP) is 5.49. The number of nitrogens with zero attached hydrogens (tertiary/aromatic N) is 2. The maximum absolute atomic E-state index is 13.0. The summed E-state index contributed by atoms with van der Waals surface area (Å²) in [5.41, 5.74) is 4.83. The lowest BCUT2D eigenvalue weighted by molar-refractivity contribution is 0.0997. The van der Waals surface area contributed by atoms with E-state index in [4.69, 9.17) is 9.47 Å². The van der Waals surface area contributed by atoms with Crippen molar-refractivity contribution in [1.82, 2.24) is 4.57 Å². The molecule has 1 amide bonds. The summed E-state index contributed by atoms with van der Waals surface area (Å²) in [6.07, 6.45) is 0. The Bertz CT molecular complexity index is 1320. The standard InChI is InChI=1S/C26H24N2O3S/c1-17-10-12-18(13-11-17)23-24(19-8-6-5-7-9-19)32-26(28(23)2)27-25(29)20-14-15-21(30-3)22(16-20)31-4/h5-16H,1-4H3. The van der Waals surface area contributed by atoms with Gasteiger partial charge in [0.05, 0.1) is 24.8 Å². The molecule has 32 heavy (non-hydrogen) atoms. The number of thiazole rings is 1. The molecule has 1 heterocycles. The summed E-state index contributed by atoms with van der Waals surface area (Å²) in [5.74, 6) is 0.728. The Hall–Kier alpha value is -3.64. The van der Waals surface area contributed by atoms with Gasteiger partial charge in [0.1, 0.15) is 0 Å². The molecule has 0 unspecified atom stereocenters. The van der Waals surface area contributed by atoms with Gasteiger partial charge in [0.2, 0.25) is 0 Å². The SMILES string of the molecule is COc1ccc(C(=O)N=c2sc(-c3ccccc3)c(-c3ccc(C)cc3)n2C)cc1OC. The van der Waals surface area contributed by atoms with Crippen molar-refractivity contribution in [3.8, 4) is 33.2 Å². The van der Waals surface area contributed by atoms with Crippen LogP contribution >= 0.6 is 11.3 Å². The van der Waals surface area contributed by atoms with E-state index in [-0.39, 0.29) is 5.91 Å². The lowest BCUT2D eigenvalue weighted by Gasteiger charge is -2.08. The molecule has 162 valence electrons. The highest BCUT2D eigenvalue weighted by Crippen LogP contribution is 2.34. The second-order valence-corrected chi connectivity index (χ2v) is 8.32.